The molecule has 2 aromatic carbocycles. The van der Waals surface area contributed by atoms with Gasteiger partial charge < -0.3 is 15.4 Å². The first-order valence-electron chi connectivity index (χ1n) is 10.6. The first-order valence-corrected chi connectivity index (χ1v) is 10.6. The molecule has 0 spiro atoms. The smallest absolute Gasteiger partial charge is 0.330 e. The molecule has 0 saturated carbocycles. The van der Waals surface area contributed by atoms with Crippen molar-refractivity contribution < 1.29 is 4.74 Å². The van der Waals surface area contributed by atoms with Gasteiger partial charge >= 0.3 is 5.69 Å². The van der Waals surface area contributed by atoms with Crippen LogP contribution in [0.4, 0.5) is 11.5 Å². The molecule has 0 atom stereocenters. The van der Waals surface area contributed by atoms with Gasteiger partial charge in [0.25, 0.3) is 5.56 Å². The van der Waals surface area contributed by atoms with Crippen LogP contribution in [0.3, 0.4) is 0 Å². The van der Waals surface area contributed by atoms with Gasteiger partial charge in [-0.25, -0.2) is 4.79 Å². The molecule has 3 rings (SSSR count). The van der Waals surface area contributed by atoms with Crippen molar-refractivity contribution in [3.8, 4) is 5.75 Å². The maximum atomic E-state index is 12.8. The standard InChI is InChI=1S/C24H30N4O3/c1-3-4-13-28-22(25)21(23(29)26-24(28)30)27(17-19-10-6-5-7-11-19)14-15-31-20-12-8-9-18(2)16-20/h5-12,16H,3-4,13-15,17,25H2,1-2H3,(H,26,29,30). The van der Waals surface area contributed by atoms with E-state index in [0.717, 1.165) is 29.7 Å². The van der Waals surface area contributed by atoms with Crippen molar-refractivity contribution in [1.29, 1.82) is 0 Å². The Morgan fingerprint density at radius 2 is 1.87 bits per heavy atom. The molecule has 7 nitrogen and oxygen atoms in total. The quantitative estimate of drug-likeness (QED) is 0.523. The number of nitrogen functional groups attached to an aromatic ring is 1. The maximum absolute atomic E-state index is 12.8. The highest BCUT2D eigenvalue weighted by Crippen LogP contribution is 2.20. The van der Waals surface area contributed by atoms with E-state index in [-0.39, 0.29) is 5.82 Å². The summed E-state index contributed by atoms with van der Waals surface area (Å²) in [5, 5.41) is 0. The Balaban J connectivity index is 1.90. The van der Waals surface area contributed by atoms with E-state index in [1.807, 2.05) is 73.3 Å². The molecule has 164 valence electrons. The van der Waals surface area contributed by atoms with Crippen LogP contribution in [-0.2, 0) is 13.1 Å². The number of anilines is 2. The highest BCUT2D eigenvalue weighted by Gasteiger charge is 2.19. The predicted octanol–water partition coefficient (Wildman–Crippen LogP) is 3.31. The van der Waals surface area contributed by atoms with Crippen LogP contribution in [-0.4, -0.2) is 22.7 Å². The molecule has 0 bridgehead atoms. The van der Waals surface area contributed by atoms with Crippen molar-refractivity contribution in [3.05, 3.63) is 86.6 Å². The Bertz CT molecular complexity index is 1110. The zero-order chi connectivity index (χ0) is 22.2. The minimum atomic E-state index is -0.485. The third kappa shape index (κ3) is 5.78. The highest BCUT2D eigenvalue weighted by molar-refractivity contribution is 5.62. The fraction of sp³-hybridized carbons (Fsp3) is 0.333. The van der Waals surface area contributed by atoms with E-state index < -0.39 is 11.2 Å². The molecule has 1 aromatic heterocycles. The molecule has 31 heavy (non-hydrogen) atoms. The number of nitrogens with two attached hydrogens (primary N) is 1. The summed E-state index contributed by atoms with van der Waals surface area (Å²) in [5.74, 6) is 0.961. The SMILES string of the molecule is CCCCn1c(N)c(N(CCOc2cccc(C)c2)Cc2ccccc2)c(=O)[nH]c1=O. The first-order chi connectivity index (χ1) is 15.0. The van der Waals surface area contributed by atoms with E-state index in [1.165, 1.54) is 4.57 Å². The van der Waals surface area contributed by atoms with Gasteiger partial charge in [-0.15, -0.1) is 0 Å². The van der Waals surface area contributed by atoms with Crippen molar-refractivity contribution in [2.75, 3.05) is 23.8 Å². The lowest BCUT2D eigenvalue weighted by atomic mass is 10.2. The Morgan fingerprint density at radius 1 is 1.10 bits per heavy atom. The number of ether oxygens (including phenoxy) is 1. The summed E-state index contributed by atoms with van der Waals surface area (Å²) in [4.78, 5) is 29.4. The number of benzene rings is 2. The molecule has 7 heteroatoms. The normalized spacial score (nSPS) is 10.8. The van der Waals surface area contributed by atoms with Crippen molar-refractivity contribution in [2.45, 2.75) is 39.8 Å². The molecule has 0 fully saturated rings. The highest BCUT2D eigenvalue weighted by atomic mass is 16.5. The van der Waals surface area contributed by atoms with E-state index in [2.05, 4.69) is 4.98 Å². The Morgan fingerprint density at radius 3 is 2.58 bits per heavy atom. The zero-order valence-electron chi connectivity index (χ0n) is 18.1. The van der Waals surface area contributed by atoms with Crippen LogP contribution < -0.4 is 26.6 Å². The minimum absolute atomic E-state index is 0.189. The van der Waals surface area contributed by atoms with Crippen molar-refractivity contribution in [2.24, 2.45) is 0 Å². The lowest BCUT2D eigenvalue weighted by molar-refractivity contribution is 0.323. The largest absolute Gasteiger partial charge is 0.492 e. The Hall–Kier alpha value is -3.48. The number of unbranched alkanes of at least 4 members (excludes halogenated alkanes) is 1. The van der Waals surface area contributed by atoms with Crippen molar-refractivity contribution in [1.82, 2.24) is 9.55 Å². The van der Waals surface area contributed by atoms with Crippen molar-refractivity contribution in [3.63, 3.8) is 0 Å². The molecular weight excluding hydrogens is 392 g/mol. The monoisotopic (exact) mass is 422 g/mol. The number of nitrogens with one attached hydrogen (secondary N) is 1. The van der Waals surface area contributed by atoms with Gasteiger partial charge in [0.2, 0.25) is 0 Å². The second kappa shape index (κ2) is 10.5. The molecule has 0 radical (unpaired) electrons. The number of hydrogen-bond acceptors (Lipinski definition) is 5. The lowest BCUT2D eigenvalue weighted by Gasteiger charge is -2.26. The van der Waals surface area contributed by atoms with E-state index in [4.69, 9.17) is 10.5 Å². The van der Waals surface area contributed by atoms with Crippen LogP contribution in [0.5, 0.6) is 5.75 Å². The molecule has 0 aliphatic rings. The predicted molar refractivity (Wildman–Crippen MR) is 125 cm³/mol. The fourth-order valence-electron chi connectivity index (χ4n) is 3.47. The molecule has 3 N–H and O–H groups in total. The summed E-state index contributed by atoms with van der Waals surface area (Å²) in [6.07, 6.45) is 1.71. The van der Waals surface area contributed by atoms with Gasteiger partial charge in [-0.2, -0.15) is 0 Å². The summed E-state index contributed by atoms with van der Waals surface area (Å²) in [6, 6.07) is 17.7. The Labute approximate surface area is 182 Å². The maximum Gasteiger partial charge on any atom is 0.330 e. The topological polar surface area (TPSA) is 93.3 Å². The second-order valence-electron chi connectivity index (χ2n) is 7.57. The van der Waals surface area contributed by atoms with Gasteiger partial charge in [-0.1, -0.05) is 55.8 Å². The van der Waals surface area contributed by atoms with Gasteiger partial charge in [-0.05, 0) is 36.6 Å². The lowest BCUT2D eigenvalue weighted by Crippen LogP contribution is -2.39. The van der Waals surface area contributed by atoms with E-state index in [1.54, 1.807) is 0 Å². The number of aryl methyl sites for hydroxylation is 1. The summed E-state index contributed by atoms with van der Waals surface area (Å²) in [7, 11) is 0. The molecule has 0 amide bonds. The molecule has 0 aliphatic carbocycles. The van der Waals surface area contributed by atoms with Crippen LogP contribution in [0, 0.1) is 6.92 Å². The molecule has 3 aromatic rings. The van der Waals surface area contributed by atoms with Crippen LogP contribution >= 0.6 is 0 Å². The van der Waals surface area contributed by atoms with Crippen LogP contribution in [0.25, 0.3) is 0 Å². The summed E-state index contributed by atoms with van der Waals surface area (Å²) < 4.78 is 7.36. The number of aromatic nitrogens is 2. The van der Waals surface area contributed by atoms with Crippen molar-refractivity contribution >= 4 is 11.5 Å². The number of hydrogen-bond donors (Lipinski definition) is 2. The van der Waals surface area contributed by atoms with E-state index in [0.29, 0.717) is 31.9 Å². The van der Waals surface area contributed by atoms with Gasteiger partial charge in [0.1, 0.15) is 23.9 Å². The van der Waals surface area contributed by atoms with Crippen LogP contribution in [0.1, 0.15) is 30.9 Å². The molecular formula is C24H30N4O3. The third-order valence-electron chi connectivity index (χ3n) is 5.10. The molecule has 0 aliphatic heterocycles. The zero-order valence-corrected chi connectivity index (χ0v) is 18.1. The molecule has 0 saturated heterocycles. The second-order valence-corrected chi connectivity index (χ2v) is 7.57. The number of rotatable bonds is 10. The molecule has 1 heterocycles. The summed E-state index contributed by atoms with van der Waals surface area (Å²) in [5.41, 5.74) is 7.82. The molecule has 0 unspecified atom stereocenters. The van der Waals surface area contributed by atoms with Gasteiger partial charge in [0.05, 0.1) is 6.54 Å². The summed E-state index contributed by atoms with van der Waals surface area (Å²) in [6.45, 7) is 5.78. The van der Waals surface area contributed by atoms with Gasteiger partial charge in [0, 0.05) is 13.1 Å². The van der Waals surface area contributed by atoms with E-state index >= 15 is 0 Å². The summed E-state index contributed by atoms with van der Waals surface area (Å²) >= 11 is 0. The Kier molecular flexibility index (Phi) is 7.54. The number of aromatic amines is 1. The number of H-pyrrole nitrogens is 1. The van der Waals surface area contributed by atoms with E-state index in [9.17, 15) is 9.59 Å². The van der Waals surface area contributed by atoms with Crippen LogP contribution in [0.2, 0.25) is 0 Å². The fourth-order valence-corrected chi connectivity index (χ4v) is 3.47. The third-order valence-corrected chi connectivity index (χ3v) is 5.10. The average molecular weight is 423 g/mol. The van der Waals surface area contributed by atoms with Gasteiger partial charge in [-0.3, -0.25) is 14.3 Å². The number of nitrogens with zero attached hydrogens (tertiary/aromatic N) is 2. The van der Waals surface area contributed by atoms with Gasteiger partial charge in [0.15, 0.2) is 0 Å². The average Bonchev–Trinajstić information content (AvgIpc) is 2.74. The minimum Gasteiger partial charge on any atom is -0.492 e. The van der Waals surface area contributed by atoms with Crippen LogP contribution in [0.15, 0.2) is 64.2 Å². The first kappa shape index (κ1) is 22.2.